The average molecular weight is 1360 g/mol. The Bertz CT molecular complexity index is 6670. The quantitative estimate of drug-likeness (QED) is 0.127. The molecule has 0 radical (unpaired) electrons. The molecule has 3 aromatic heterocycles. The van der Waals surface area contributed by atoms with Gasteiger partial charge in [0, 0.05) is 32.7 Å². The van der Waals surface area contributed by atoms with E-state index < -0.39 is 0 Å². The highest BCUT2D eigenvalue weighted by atomic mass is 35.5. The van der Waals surface area contributed by atoms with Crippen LogP contribution >= 0.6 is 11.6 Å². The maximum atomic E-state index is 6.14. The molecule has 0 atom stereocenters. The van der Waals surface area contributed by atoms with E-state index in [0.717, 1.165) is 57.0 Å². The minimum atomic E-state index is -0.132. The molecular weight excluding hydrogens is 1290 g/mol. The van der Waals surface area contributed by atoms with E-state index >= 15 is 0 Å². The van der Waals surface area contributed by atoms with Gasteiger partial charge in [-0.05, 0) is 227 Å². The summed E-state index contributed by atoms with van der Waals surface area (Å²) in [5, 5.41) is 18.8. The van der Waals surface area contributed by atoms with Crippen LogP contribution in [0.15, 0.2) is 340 Å². The van der Waals surface area contributed by atoms with Gasteiger partial charge in [-0.25, -0.2) is 9.97 Å². The second-order valence-corrected chi connectivity index (χ2v) is 30.0. The van der Waals surface area contributed by atoms with Crippen molar-refractivity contribution in [2.45, 2.75) is 44.9 Å². The van der Waals surface area contributed by atoms with E-state index in [9.17, 15) is 0 Å². The average Bonchev–Trinajstić information content (AvgIpc) is 1.59. The van der Waals surface area contributed by atoms with Crippen molar-refractivity contribution in [1.29, 1.82) is 0 Å². The number of hydrogen-bond acceptors (Lipinski definition) is 2. The van der Waals surface area contributed by atoms with Gasteiger partial charge < -0.3 is 0 Å². The molecule has 16 aromatic carbocycles. The summed E-state index contributed by atoms with van der Waals surface area (Å²) in [6.07, 6.45) is 1.02. The zero-order valence-electron chi connectivity index (χ0n) is 58.8. The zero-order chi connectivity index (χ0) is 70.2. The Balaban J connectivity index is 0.000000118. The van der Waals surface area contributed by atoms with Gasteiger partial charge in [-0.1, -0.05) is 312 Å². The van der Waals surface area contributed by atoms with Crippen molar-refractivity contribution in [1.82, 2.24) is 14.5 Å². The summed E-state index contributed by atoms with van der Waals surface area (Å²) < 4.78 is 2.44. The van der Waals surface area contributed by atoms with Crippen LogP contribution in [0.5, 0.6) is 0 Å². The molecule has 0 saturated heterocycles. The van der Waals surface area contributed by atoms with Crippen LogP contribution in [0.25, 0.3) is 170 Å². The van der Waals surface area contributed by atoms with Crippen LogP contribution in [0.4, 0.5) is 0 Å². The Labute approximate surface area is 615 Å². The number of hydrogen-bond donors (Lipinski definition) is 0. The SMILES string of the molecule is CC1(C)c2ccccc2-c2cc3c(cc21)Cc1cc2c4ccccc4c4ccccc4c2cc1-3.CC1(C)c2ccccc2-c2cc3c4cc5c6ccccc6c6ccccc6c5cc4n(-c4cc(-c5ccccc5)cc(-c5ccccc5)n4)c3cc21.Clc1cc(-c2ccccc2)cc(-c2ccccc2)n1. The summed E-state index contributed by atoms with van der Waals surface area (Å²) in [4.78, 5) is 9.89. The third kappa shape index (κ3) is 10.1. The predicted molar refractivity (Wildman–Crippen MR) is 444 cm³/mol. The van der Waals surface area contributed by atoms with Gasteiger partial charge >= 0.3 is 0 Å². The molecule has 3 heterocycles. The van der Waals surface area contributed by atoms with E-state index in [0.29, 0.717) is 5.15 Å². The van der Waals surface area contributed by atoms with Crippen LogP contribution in [0.1, 0.15) is 61.1 Å². The lowest BCUT2D eigenvalue weighted by atomic mass is 9.81. The van der Waals surface area contributed by atoms with Gasteiger partial charge in [0.2, 0.25) is 0 Å². The van der Waals surface area contributed by atoms with Gasteiger partial charge in [-0.15, -0.1) is 0 Å². The second kappa shape index (κ2) is 24.3. The summed E-state index contributed by atoms with van der Waals surface area (Å²) in [5.74, 6) is 0.915. The molecule has 22 rings (SSSR count). The number of rotatable bonds is 5. The van der Waals surface area contributed by atoms with Gasteiger partial charge in [0.25, 0.3) is 0 Å². The topological polar surface area (TPSA) is 30.7 Å². The van der Waals surface area contributed by atoms with E-state index in [4.69, 9.17) is 16.6 Å². The van der Waals surface area contributed by atoms with Crippen LogP contribution in [-0.2, 0) is 17.3 Å². The van der Waals surface area contributed by atoms with Crippen LogP contribution in [0, 0.1) is 0 Å². The fourth-order valence-corrected chi connectivity index (χ4v) is 18.1. The Morgan fingerprint density at radius 3 is 1.11 bits per heavy atom. The Kier molecular flexibility index (Phi) is 14.4. The van der Waals surface area contributed by atoms with Crippen molar-refractivity contribution in [3.05, 3.63) is 378 Å². The first kappa shape index (κ1) is 62.3. The van der Waals surface area contributed by atoms with Crippen molar-refractivity contribution in [2.75, 3.05) is 0 Å². The highest BCUT2D eigenvalue weighted by Gasteiger charge is 2.39. The molecule has 4 heteroatoms. The van der Waals surface area contributed by atoms with Crippen LogP contribution < -0.4 is 0 Å². The van der Waals surface area contributed by atoms with Gasteiger partial charge in [0.15, 0.2) is 0 Å². The van der Waals surface area contributed by atoms with Gasteiger partial charge in [-0.3, -0.25) is 4.57 Å². The fourth-order valence-electron chi connectivity index (χ4n) is 17.9. The summed E-state index contributed by atoms with van der Waals surface area (Å²) in [5.41, 5.74) is 27.7. The molecule has 3 aliphatic rings. The molecule has 0 N–H and O–H groups in total. The molecule has 0 unspecified atom stereocenters. The van der Waals surface area contributed by atoms with E-state index in [1.807, 2.05) is 54.6 Å². The number of nitrogens with zero attached hydrogens (tertiary/aromatic N) is 3. The number of benzene rings is 16. The largest absolute Gasteiger partial charge is 0.294 e. The third-order valence-electron chi connectivity index (χ3n) is 23.0. The van der Waals surface area contributed by atoms with Gasteiger partial charge in [0.1, 0.15) is 11.0 Å². The summed E-state index contributed by atoms with van der Waals surface area (Å²) in [7, 11) is 0. The van der Waals surface area contributed by atoms with E-state index in [-0.39, 0.29) is 10.8 Å². The maximum Gasteiger partial charge on any atom is 0.138 e. The first-order chi connectivity index (χ1) is 51.5. The minimum absolute atomic E-state index is 0.0485. The Morgan fingerprint density at radius 1 is 0.248 bits per heavy atom. The molecule has 0 fully saturated rings. The smallest absolute Gasteiger partial charge is 0.138 e. The zero-order valence-corrected chi connectivity index (χ0v) is 59.5. The number of halogens is 1. The monoisotopic (exact) mass is 1360 g/mol. The van der Waals surface area contributed by atoms with Crippen LogP contribution in [0.2, 0.25) is 5.15 Å². The maximum absolute atomic E-state index is 6.14. The normalized spacial score (nSPS) is 13.3. The molecular formula is C101H70ClN3. The molecule has 0 aliphatic heterocycles. The molecule has 105 heavy (non-hydrogen) atoms. The minimum Gasteiger partial charge on any atom is -0.294 e. The summed E-state index contributed by atoms with van der Waals surface area (Å²) >= 11 is 6.14. The lowest BCUT2D eigenvalue weighted by Gasteiger charge is -2.22. The Morgan fingerprint density at radius 2 is 0.600 bits per heavy atom. The summed E-state index contributed by atoms with van der Waals surface area (Å²) in [6.45, 7) is 9.48. The van der Waals surface area contributed by atoms with Crippen molar-refractivity contribution in [3.63, 3.8) is 0 Å². The van der Waals surface area contributed by atoms with Crippen LogP contribution in [-0.4, -0.2) is 14.5 Å². The van der Waals surface area contributed by atoms with Crippen molar-refractivity contribution < 1.29 is 0 Å². The molecule has 3 nitrogen and oxygen atoms in total. The number of pyridine rings is 2. The third-order valence-corrected chi connectivity index (χ3v) is 23.2. The first-order valence-corrected chi connectivity index (χ1v) is 36.9. The van der Waals surface area contributed by atoms with E-state index in [2.05, 4.69) is 322 Å². The van der Waals surface area contributed by atoms with Crippen molar-refractivity contribution in [3.8, 4) is 84.0 Å². The highest BCUT2D eigenvalue weighted by molar-refractivity contribution is 6.31. The molecule has 0 amide bonds. The first-order valence-electron chi connectivity index (χ1n) is 36.5. The van der Waals surface area contributed by atoms with Crippen molar-refractivity contribution >= 4 is 98.0 Å². The second-order valence-electron chi connectivity index (χ2n) is 29.6. The highest BCUT2D eigenvalue weighted by Crippen LogP contribution is 2.55. The van der Waals surface area contributed by atoms with Gasteiger partial charge in [0.05, 0.1) is 22.4 Å². The Hall–Kier alpha value is -12.5. The number of fused-ring (bicyclic) bond motifs is 24. The van der Waals surface area contributed by atoms with Gasteiger partial charge in [-0.2, -0.15) is 0 Å². The fraction of sp³-hybridized carbons (Fsp3) is 0.0693. The van der Waals surface area contributed by atoms with E-state index in [1.165, 1.54) is 153 Å². The molecule has 19 aromatic rings. The molecule has 0 spiro atoms. The molecule has 3 aliphatic carbocycles. The molecule has 496 valence electrons. The van der Waals surface area contributed by atoms with Crippen LogP contribution in [0.3, 0.4) is 0 Å². The molecule has 0 saturated carbocycles. The lowest BCUT2D eigenvalue weighted by molar-refractivity contribution is 0.659. The molecule has 0 bridgehead atoms. The van der Waals surface area contributed by atoms with E-state index in [1.54, 1.807) is 0 Å². The summed E-state index contributed by atoms with van der Waals surface area (Å²) in [6, 6.07) is 123. The standard InChI is InChI=1S/C50H34N2.C34H24.C17H12ClN/c1-50(2)44-24-14-13-23-38(44)41-28-43-42-27-39-36-21-11-9-19-34(36)35-20-10-12-22-37(35)40(39)29-47(42)52(48(43)30-45(41)50)49-26-33(31-15-5-3-6-16-31)25-46(51-49)32-17-7-4-8-18-32;1-34(2)32-14-8-7-13-26(32)31-19-28-21(17-33(31)34)15-20-16-29-24-11-5-3-9-22(24)23-10-4-6-12-25(23)30(29)18-27(20)28;18-17-12-15(13-7-3-1-4-8-13)11-16(19-17)14-9-5-2-6-10-14/h3-30H,1-2H3;3-14,16-19H,15H2,1-2H3;1-12H. The van der Waals surface area contributed by atoms with Crippen molar-refractivity contribution in [2.24, 2.45) is 0 Å². The number of aromatic nitrogens is 3. The lowest BCUT2D eigenvalue weighted by Crippen LogP contribution is -2.15. The predicted octanol–water partition coefficient (Wildman–Crippen LogP) is 27.4.